The predicted octanol–water partition coefficient (Wildman–Crippen LogP) is 4.86. The van der Waals surface area contributed by atoms with Crippen molar-refractivity contribution in [1.29, 1.82) is 0 Å². The van der Waals surface area contributed by atoms with Gasteiger partial charge in [0.2, 0.25) is 5.91 Å². The molecule has 3 rings (SSSR count). The van der Waals surface area contributed by atoms with Gasteiger partial charge in [0.25, 0.3) is 0 Å². The highest BCUT2D eigenvalue weighted by Crippen LogP contribution is 2.28. The molecular weight excluding hydrogens is 402 g/mol. The zero-order valence-corrected chi connectivity index (χ0v) is 19.4. The molecule has 0 aliphatic heterocycles. The minimum absolute atomic E-state index is 0.0185. The molecule has 0 unspecified atom stereocenters. The van der Waals surface area contributed by atoms with E-state index in [0.29, 0.717) is 19.6 Å². The summed E-state index contributed by atoms with van der Waals surface area (Å²) in [5, 5.41) is 2.98. The fraction of sp³-hybridized carbons (Fsp3) is 0.385. The molecule has 3 aromatic rings. The molecule has 0 radical (unpaired) electrons. The topological polar surface area (TPSA) is 65.4 Å². The molecule has 0 fully saturated rings. The van der Waals surface area contributed by atoms with Crippen LogP contribution in [-0.4, -0.2) is 35.7 Å². The van der Waals surface area contributed by atoms with Gasteiger partial charge in [0, 0.05) is 25.4 Å². The Bertz CT molecular complexity index is 1070. The normalized spacial score (nSPS) is 11.4. The Labute approximate surface area is 190 Å². The molecule has 0 saturated heterocycles. The summed E-state index contributed by atoms with van der Waals surface area (Å²) in [5.41, 5.74) is 3.15. The quantitative estimate of drug-likeness (QED) is 0.437. The number of benzene rings is 2. The number of imidazole rings is 1. The van der Waals surface area contributed by atoms with Crippen molar-refractivity contribution in [2.24, 2.45) is 5.92 Å². The lowest BCUT2D eigenvalue weighted by atomic mass is 10.2. The zero-order valence-electron chi connectivity index (χ0n) is 19.4. The SMILES string of the molecule is C/C=C/c1ccc(OCCCn2c(CCNC(=O)C(C)C)nc3ccccc32)c(OC)c1. The molecule has 2 aromatic carbocycles. The molecule has 0 aliphatic carbocycles. The van der Waals surface area contributed by atoms with Crippen molar-refractivity contribution in [3.8, 4) is 11.5 Å². The highest BCUT2D eigenvalue weighted by Gasteiger charge is 2.12. The summed E-state index contributed by atoms with van der Waals surface area (Å²) in [6.45, 7) is 7.71. The Morgan fingerprint density at radius 1 is 1.19 bits per heavy atom. The number of methoxy groups -OCH3 is 1. The van der Waals surface area contributed by atoms with Crippen LogP contribution in [-0.2, 0) is 17.8 Å². The number of carbonyl (C=O) groups is 1. The van der Waals surface area contributed by atoms with Gasteiger partial charge < -0.3 is 19.4 Å². The number of nitrogens with one attached hydrogen (secondary N) is 1. The standard InChI is InChI=1S/C26H33N3O3/c1-5-9-20-12-13-23(24(18-20)31-4)32-17-8-16-29-22-11-7-6-10-21(22)28-25(29)14-15-27-26(30)19(2)3/h5-7,9-13,18-19H,8,14-17H2,1-4H3,(H,27,30)/b9-5+. The van der Waals surface area contributed by atoms with Crippen molar-refractivity contribution >= 4 is 23.0 Å². The van der Waals surface area contributed by atoms with Crippen molar-refractivity contribution < 1.29 is 14.3 Å². The van der Waals surface area contributed by atoms with Crippen LogP contribution in [0, 0.1) is 5.92 Å². The van der Waals surface area contributed by atoms with Crippen LogP contribution in [0.3, 0.4) is 0 Å². The minimum Gasteiger partial charge on any atom is -0.493 e. The Hall–Kier alpha value is -3.28. The first-order valence-electron chi connectivity index (χ1n) is 11.2. The number of rotatable bonds is 11. The van der Waals surface area contributed by atoms with Crippen LogP contribution >= 0.6 is 0 Å². The summed E-state index contributed by atoms with van der Waals surface area (Å²) >= 11 is 0. The number of hydrogen-bond donors (Lipinski definition) is 1. The molecule has 1 N–H and O–H groups in total. The van der Waals surface area contributed by atoms with E-state index in [-0.39, 0.29) is 11.8 Å². The lowest BCUT2D eigenvalue weighted by molar-refractivity contribution is -0.123. The number of hydrogen-bond acceptors (Lipinski definition) is 4. The number of amides is 1. The molecule has 6 nitrogen and oxygen atoms in total. The van der Waals surface area contributed by atoms with Gasteiger partial charge in [0.15, 0.2) is 11.5 Å². The van der Waals surface area contributed by atoms with Crippen LogP contribution in [0.1, 0.15) is 38.6 Å². The molecule has 0 atom stereocenters. The van der Waals surface area contributed by atoms with Gasteiger partial charge in [0.05, 0.1) is 24.8 Å². The summed E-state index contributed by atoms with van der Waals surface area (Å²) < 4.78 is 13.7. The van der Waals surface area contributed by atoms with E-state index in [1.54, 1.807) is 7.11 Å². The highest BCUT2D eigenvalue weighted by atomic mass is 16.5. The van der Waals surface area contributed by atoms with Crippen LogP contribution in [0.4, 0.5) is 0 Å². The number of aryl methyl sites for hydroxylation is 1. The summed E-state index contributed by atoms with van der Waals surface area (Å²) in [5.74, 6) is 2.50. The zero-order chi connectivity index (χ0) is 22.9. The molecule has 1 amide bonds. The maximum Gasteiger partial charge on any atom is 0.222 e. The molecule has 6 heteroatoms. The second-order valence-corrected chi connectivity index (χ2v) is 7.98. The summed E-state index contributed by atoms with van der Waals surface area (Å²) in [6.07, 6.45) is 5.54. The van der Waals surface area contributed by atoms with Crippen molar-refractivity contribution in [3.05, 3.63) is 59.9 Å². The number of fused-ring (bicyclic) bond motifs is 1. The van der Waals surface area contributed by atoms with Gasteiger partial charge in [-0.05, 0) is 43.2 Å². The Morgan fingerprint density at radius 3 is 2.75 bits per heavy atom. The Morgan fingerprint density at radius 2 is 2.00 bits per heavy atom. The smallest absolute Gasteiger partial charge is 0.222 e. The molecule has 0 saturated carbocycles. The van der Waals surface area contributed by atoms with Crippen LogP contribution in [0.2, 0.25) is 0 Å². The van der Waals surface area contributed by atoms with E-state index in [0.717, 1.165) is 46.9 Å². The fourth-order valence-electron chi connectivity index (χ4n) is 3.57. The third kappa shape index (κ3) is 5.90. The van der Waals surface area contributed by atoms with Crippen LogP contribution in [0.5, 0.6) is 11.5 Å². The Kier molecular flexibility index (Phi) is 8.31. The number of para-hydroxylation sites is 2. The molecule has 0 aliphatic rings. The molecule has 1 heterocycles. The van der Waals surface area contributed by atoms with Crippen LogP contribution < -0.4 is 14.8 Å². The second-order valence-electron chi connectivity index (χ2n) is 7.98. The predicted molar refractivity (Wildman–Crippen MR) is 129 cm³/mol. The number of carbonyl (C=O) groups excluding carboxylic acids is 1. The van der Waals surface area contributed by atoms with E-state index in [9.17, 15) is 4.79 Å². The number of allylic oxidation sites excluding steroid dienone is 1. The maximum atomic E-state index is 11.9. The third-order valence-electron chi connectivity index (χ3n) is 5.24. The monoisotopic (exact) mass is 435 g/mol. The first-order chi connectivity index (χ1) is 15.5. The molecule has 0 bridgehead atoms. The number of ether oxygens (including phenoxy) is 2. The first-order valence-corrected chi connectivity index (χ1v) is 11.2. The van der Waals surface area contributed by atoms with Gasteiger partial charge in [-0.3, -0.25) is 4.79 Å². The molecule has 32 heavy (non-hydrogen) atoms. The fourth-order valence-corrected chi connectivity index (χ4v) is 3.57. The average Bonchev–Trinajstić information content (AvgIpc) is 3.14. The van der Waals surface area contributed by atoms with E-state index in [1.807, 2.05) is 69.3 Å². The molecule has 0 spiro atoms. The van der Waals surface area contributed by atoms with Crippen molar-refractivity contribution in [2.75, 3.05) is 20.3 Å². The van der Waals surface area contributed by atoms with E-state index >= 15 is 0 Å². The minimum atomic E-state index is -0.0185. The third-order valence-corrected chi connectivity index (χ3v) is 5.24. The van der Waals surface area contributed by atoms with Gasteiger partial charge in [0.1, 0.15) is 5.82 Å². The number of nitrogens with zero attached hydrogens (tertiary/aromatic N) is 2. The summed E-state index contributed by atoms with van der Waals surface area (Å²) in [6, 6.07) is 14.1. The molecule has 170 valence electrons. The van der Waals surface area contributed by atoms with E-state index in [1.165, 1.54) is 0 Å². The van der Waals surface area contributed by atoms with Gasteiger partial charge in [-0.25, -0.2) is 4.98 Å². The van der Waals surface area contributed by atoms with Gasteiger partial charge in [-0.1, -0.05) is 44.2 Å². The maximum absolute atomic E-state index is 11.9. The van der Waals surface area contributed by atoms with Crippen molar-refractivity contribution in [1.82, 2.24) is 14.9 Å². The van der Waals surface area contributed by atoms with Gasteiger partial charge in [-0.2, -0.15) is 0 Å². The molecular formula is C26H33N3O3. The van der Waals surface area contributed by atoms with E-state index < -0.39 is 0 Å². The highest BCUT2D eigenvalue weighted by molar-refractivity contribution is 5.78. The summed E-state index contributed by atoms with van der Waals surface area (Å²) in [4.78, 5) is 16.7. The average molecular weight is 436 g/mol. The lowest BCUT2D eigenvalue weighted by Gasteiger charge is -2.13. The first kappa shape index (κ1) is 23.4. The van der Waals surface area contributed by atoms with Crippen molar-refractivity contribution in [2.45, 2.75) is 40.2 Å². The van der Waals surface area contributed by atoms with E-state index in [2.05, 4.69) is 16.0 Å². The van der Waals surface area contributed by atoms with Gasteiger partial charge >= 0.3 is 0 Å². The Balaban J connectivity index is 1.63. The van der Waals surface area contributed by atoms with E-state index in [4.69, 9.17) is 14.5 Å². The lowest BCUT2D eigenvalue weighted by Crippen LogP contribution is -2.30. The second kappa shape index (κ2) is 11.4. The molecule has 1 aromatic heterocycles. The van der Waals surface area contributed by atoms with Crippen LogP contribution in [0.15, 0.2) is 48.5 Å². The largest absolute Gasteiger partial charge is 0.493 e. The van der Waals surface area contributed by atoms with Crippen molar-refractivity contribution in [3.63, 3.8) is 0 Å². The van der Waals surface area contributed by atoms with Gasteiger partial charge in [-0.15, -0.1) is 0 Å². The summed E-state index contributed by atoms with van der Waals surface area (Å²) in [7, 11) is 1.66. The van der Waals surface area contributed by atoms with Crippen LogP contribution in [0.25, 0.3) is 17.1 Å². The number of aromatic nitrogens is 2.